The van der Waals surface area contributed by atoms with E-state index in [0.29, 0.717) is 6.42 Å². The minimum Gasteiger partial charge on any atom is -0.497 e. The number of methoxy groups -OCH3 is 1. The SMILES string of the molecule is COc1cccc(SCCCC#N)c1. The van der Waals surface area contributed by atoms with Crippen molar-refractivity contribution in [2.45, 2.75) is 17.7 Å². The summed E-state index contributed by atoms with van der Waals surface area (Å²) in [6.07, 6.45) is 1.58. The first-order chi connectivity index (χ1) is 6.86. The van der Waals surface area contributed by atoms with E-state index < -0.39 is 0 Å². The Morgan fingerprint density at radius 2 is 2.36 bits per heavy atom. The lowest BCUT2D eigenvalue weighted by molar-refractivity contribution is 0.413. The molecule has 1 rings (SSSR count). The summed E-state index contributed by atoms with van der Waals surface area (Å²) in [5.41, 5.74) is 0. The average Bonchev–Trinajstić information content (AvgIpc) is 2.25. The molecule has 0 aliphatic heterocycles. The molecule has 0 radical (unpaired) electrons. The van der Waals surface area contributed by atoms with Crippen LogP contribution in [0.5, 0.6) is 5.75 Å². The van der Waals surface area contributed by atoms with Crippen molar-refractivity contribution in [1.29, 1.82) is 5.26 Å². The van der Waals surface area contributed by atoms with Crippen molar-refractivity contribution < 1.29 is 4.74 Å². The van der Waals surface area contributed by atoms with E-state index in [1.54, 1.807) is 18.9 Å². The lowest BCUT2D eigenvalue weighted by Gasteiger charge is -2.02. The Labute approximate surface area is 88.9 Å². The van der Waals surface area contributed by atoms with Crippen LogP contribution in [0.25, 0.3) is 0 Å². The van der Waals surface area contributed by atoms with Gasteiger partial charge in [0.1, 0.15) is 5.75 Å². The van der Waals surface area contributed by atoms with Gasteiger partial charge >= 0.3 is 0 Å². The van der Waals surface area contributed by atoms with Crippen molar-refractivity contribution in [3.8, 4) is 11.8 Å². The predicted molar refractivity (Wildman–Crippen MR) is 58.6 cm³/mol. The van der Waals surface area contributed by atoms with Crippen LogP contribution in [0.15, 0.2) is 29.2 Å². The molecule has 0 aromatic heterocycles. The third kappa shape index (κ3) is 3.71. The zero-order chi connectivity index (χ0) is 10.2. The molecule has 0 N–H and O–H groups in total. The number of thioether (sulfide) groups is 1. The van der Waals surface area contributed by atoms with Crippen molar-refractivity contribution in [1.82, 2.24) is 0 Å². The Bertz CT molecular complexity index is 319. The van der Waals surface area contributed by atoms with Crippen LogP contribution in [0, 0.1) is 11.3 Å². The van der Waals surface area contributed by atoms with Crippen LogP contribution in [-0.2, 0) is 0 Å². The molecule has 0 aliphatic rings. The highest BCUT2D eigenvalue weighted by atomic mass is 32.2. The molecule has 1 aromatic rings. The molecule has 1 aromatic carbocycles. The maximum atomic E-state index is 8.37. The number of ether oxygens (including phenoxy) is 1. The number of rotatable bonds is 5. The van der Waals surface area contributed by atoms with Gasteiger partial charge in [-0.05, 0) is 30.4 Å². The highest BCUT2D eigenvalue weighted by Crippen LogP contribution is 2.23. The van der Waals surface area contributed by atoms with E-state index in [9.17, 15) is 0 Å². The first kappa shape index (κ1) is 10.9. The second-order valence-corrected chi connectivity index (χ2v) is 3.96. The standard InChI is InChI=1S/C11H13NOS/c1-13-10-5-4-6-11(9-10)14-8-3-2-7-12/h4-6,9H,2-3,8H2,1H3. The second kappa shape index (κ2) is 6.33. The summed E-state index contributed by atoms with van der Waals surface area (Å²) in [6, 6.07) is 10.1. The summed E-state index contributed by atoms with van der Waals surface area (Å²) < 4.78 is 5.12. The van der Waals surface area contributed by atoms with Crippen LogP contribution in [0.4, 0.5) is 0 Å². The lowest BCUT2D eigenvalue weighted by Crippen LogP contribution is -1.83. The third-order valence-corrected chi connectivity index (χ3v) is 2.82. The van der Waals surface area contributed by atoms with Crippen LogP contribution in [-0.4, -0.2) is 12.9 Å². The number of nitrogens with zero attached hydrogens (tertiary/aromatic N) is 1. The zero-order valence-corrected chi connectivity index (χ0v) is 9.01. The fourth-order valence-electron chi connectivity index (χ4n) is 1.03. The quantitative estimate of drug-likeness (QED) is 0.549. The van der Waals surface area contributed by atoms with Crippen LogP contribution in [0.2, 0.25) is 0 Å². The Hall–Kier alpha value is -1.14. The maximum Gasteiger partial charge on any atom is 0.119 e. The first-order valence-corrected chi connectivity index (χ1v) is 5.49. The molecule has 0 saturated heterocycles. The van der Waals surface area contributed by atoms with Gasteiger partial charge in [0.05, 0.1) is 13.2 Å². The third-order valence-electron chi connectivity index (χ3n) is 1.74. The van der Waals surface area contributed by atoms with Gasteiger partial charge < -0.3 is 4.74 Å². The highest BCUT2D eigenvalue weighted by molar-refractivity contribution is 7.99. The summed E-state index contributed by atoms with van der Waals surface area (Å²) >= 11 is 1.76. The second-order valence-electron chi connectivity index (χ2n) is 2.79. The van der Waals surface area contributed by atoms with Crippen molar-refractivity contribution >= 4 is 11.8 Å². The van der Waals surface area contributed by atoms with E-state index in [-0.39, 0.29) is 0 Å². The van der Waals surface area contributed by atoms with Crippen LogP contribution >= 0.6 is 11.8 Å². The van der Waals surface area contributed by atoms with E-state index in [0.717, 1.165) is 17.9 Å². The number of benzene rings is 1. The van der Waals surface area contributed by atoms with Gasteiger partial charge in [-0.25, -0.2) is 0 Å². The van der Waals surface area contributed by atoms with E-state index >= 15 is 0 Å². The smallest absolute Gasteiger partial charge is 0.119 e. The zero-order valence-electron chi connectivity index (χ0n) is 8.19. The van der Waals surface area contributed by atoms with Gasteiger partial charge in [-0.2, -0.15) is 5.26 Å². The molecule has 0 heterocycles. The first-order valence-electron chi connectivity index (χ1n) is 4.50. The van der Waals surface area contributed by atoms with Crippen molar-refractivity contribution in [3.05, 3.63) is 24.3 Å². The lowest BCUT2D eigenvalue weighted by atomic mass is 10.3. The molecule has 0 amide bonds. The Balaban J connectivity index is 2.39. The molecule has 0 atom stereocenters. The van der Waals surface area contributed by atoms with Gasteiger partial charge in [0.2, 0.25) is 0 Å². The minimum absolute atomic E-state index is 0.636. The highest BCUT2D eigenvalue weighted by Gasteiger charge is 1.96. The number of hydrogen-bond donors (Lipinski definition) is 0. The molecule has 0 spiro atoms. The monoisotopic (exact) mass is 207 g/mol. The maximum absolute atomic E-state index is 8.37. The number of hydrogen-bond acceptors (Lipinski definition) is 3. The van der Waals surface area contributed by atoms with Crippen LogP contribution in [0.1, 0.15) is 12.8 Å². The van der Waals surface area contributed by atoms with Gasteiger partial charge in [0, 0.05) is 11.3 Å². The Morgan fingerprint density at radius 1 is 1.50 bits per heavy atom. The molecular weight excluding hydrogens is 194 g/mol. The van der Waals surface area contributed by atoms with Gasteiger partial charge in [-0.15, -0.1) is 11.8 Å². The van der Waals surface area contributed by atoms with Gasteiger partial charge in [-0.3, -0.25) is 0 Å². The van der Waals surface area contributed by atoms with Crippen LogP contribution < -0.4 is 4.74 Å². The molecule has 0 unspecified atom stereocenters. The Morgan fingerprint density at radius 3 is 3.07 bits per heavy atom. The summed E-state index contributed by atoms with van der Waals surface area (Å²) in [4.78, 5) is 1.20. The van der Waals surface area contributed by atoms with Gasteiger partial charge in [0.15, 0.2) is 0 Å². The van der Waals surface area contributed by atoms with E-state index in [1.807, 2.05) is 18.2 Å². The molecule has 0 bridgehead atoms. The molecule has 0 fully saturated rings. The van der Waals surface area contributed by atoms with Crippen molar-refractivity contribution in [2.24, 2.45) is 0 Å². The number of nitriles is 1. The van der Waals surface area contributed by atoms with Crippen LogP contribution in [0.3, 0.4) is 0 Å². The molecular formula is C11H13NOS. The minimum atomic E-state index is 0.636. The number of unbranched alkanes of at least 4 members (excludes halogenated alkanes) is 1. The van der Waals surface area contributed by atoms with Gasteiger partial charge in [-0.1, -0.05) is 6.07 Å². The van der Waals surface area contributed by atoms with Gasteiger partial charge in [0.25, 0.3) is 0 Å². The Kier molecular flexibility index (Phi) is 4.95. The predicted octanol–water partition coefficient (Wildman–Crippen LogP) is 3.09. The normalized spacial score (nSPS) is 9.43. The summed E-state index contributed by atoms with van der Waals surface area (Å²) in [6.45, 7) is 0. The van der Waals surface area contributed by atoms with Crippen molar-refractivity contribution in [2.75, 3.05) is 12.9 Å². The largest absolute Gasteiger partial charge is 0.497 e. The molecule has 0 aliphatic carbocycles. The molecule has 14 heavy (non-hydrogen) atoms. The molecule has 3 heteroatoms. The molecule has 74 valence electrons. The topological polar surface area (TPSA) is 33.0 Å². The van der Waals surface area contributed by atoms with E-state index in [1.165, 1.54) is 4.90 Å². The van der Waals surface area contributed by atoms with E-state index in [2.05, 4.69) is 12.1 Å². The summed E-state index contributed by atoms with van der Waals surface area (Å²) in [7, 11) is 1.67. The summed E-state index contributed by atoms with van der Waals surface area (Å²) in [5.74, 6) is 1.87. The van der Waals surface area contributed by atoms with Crippen molar-refractivity contribution in [3.63, 3.8) is 0 Å². The fourth-order valence-corrected chi connectivity index (χ4v) is 1.93. The summed E-state index contributed by atoms with van der Waals surface area (Å²) in [5, 5.41) is 8.37. The van der Waals surface area contributed by atoms with E-state index in [4.69, 9.17) is 10.00 Å². The molecule has 0 saturated carbocycles. The fraction of sp³-hybridized carbons (Fsp3) is 0.364. The average molecular weight is 207 g/mol. The molecule has 2 nitrogen and oxygen atoms in total.